The minimum Gasteiger partial charge on any atom is -0.396 e. The fourth-order valence-electron chi connectivity index (χ4n) is 5.45. The number of hydrogen-bond acceptors (Lipinski definition) is 9. The quantitative estimate of drug-likeness (QED) is 0.312. The first-order chi connectivity index (χ1) is 20.8. The van der Waals surface area contributed by atoms with E-state index in [9.17, 15) is 18.3 Å². The fraction of sp³-hybridized carbons (Fsp3) is 0.419. The number of amides is 1. The van der Waals surface area contributed by atoms with Crippen molar-refractivity contribution in [1.29, 1.82) is 0 Å². The number of anilines is 1. The lowest BCUT2D eigenvalue weighted by atomic mass is 9.97. The molecule has 1 atom stereocenters. The first kappa shape index (κ1) is 30.6. The van der Waals surface area contributed by atoms with E-state index in [4.69, 9.17) is 5.73 Å². The van der Waals surface area contributed by atoms with Gasteiger partial charge in [0.2, 0.25) is 21.9 Å². The summed E-state index contributed by atoms with van der Waals surface area (Å²) in [5.41, 5.74) is 9.94. The molecule has 43 heavy (non-hydrogen) atoms. The van der Waals surface area contributed by atoms with Gasteiger partial charge in [-0.05, 0) is 48.6 Å². The van der Waals surface area contributed by atoms with Crippen LogP contribution in [0.25, 0.3) is 11.6 Å². The molecule has 1 aromatic carbocycles. The summed E-state index contributed by atoms with van der Waals surface area (Å²) in [6.45, 7) is 4.61. The Morgan fingerprint density at radius 3 is 2.74 bits per heavy atom. The second-order valence-corrected chi connectivity index (χ2v) is 13.2. The molecule has 12 heteroatoms. The van der Waals surface area contributed by atoms with Gasteiger partial charge in [0.05, 0.1) is 10.9 Å². The lowest BCUT2D eigenvalue weighted by molar-refractivity contribution is -0.127. The summed E-state index contributed by atoms with van der Waals surface area (Å²) in [6, 6.07) is 7.48. The Balaban J connectivity index is 1.30. The van der Waals surface area contributed by atoms with Gasteiger partial charge in [0.25, 0.3) is 0 Å². The van der Waals surface area contributed by atoms with Crippen molar-refractivity contribution < 1.29 is 18.3 Å². The highest BCUT2D eigenvalue weighted by Crippen LogP contribution is 2.34. The second-order valence-electron chi connectivity index (χ2n) is 11.1. The Bertz CT molecular complexity index is 1550. The van der Waals surface area contributed by atoms with Crippen molar-refractivity contribution in [2.24, 2.45) is 16.6 Å². The molecular formula is C31H39N7O4S. The number of nitrogens with two attached hydrogens (primary N) is 1. The van der Waals surface area contributed by atoms with Crippen molar-refractivity contribution >= 4 is 45.1 Å². The van der Waals surface area contributed by atoms with Gasteiger partial charge >= 0.3 is 0 Å². The molecule has 3 heterocycles. The highest BCUT2D eigenvalue weighted by molar-refractivity contribution is 7.90. The predicted molar refractivity (Wildman–Crippen MR) is 169 cm³/mol. The topological polar surface area (TPSA) is 154 Å². The van der Waals surface area contributed by atoms with E-state index < -0.39 is 15.3 Å². The number of nitrogens with one attached hydrogen (secondary N) is 1. The zero-order valence-corrected chi connectivity index (χ0v) is 25.2. The van der Waals surface area contributed by atoms with E-state index in [0.717, 1.165) is 29.5 Å². The van der Waals surface area contributed by atoms with Crippen LogP contribution in [-0.4, -0.2) is 89.0 Å². The molecule has 0 spiro atoms. The molecule has 4 N–H and O–H groups in total. The SMILES string of the molecule is CCCN(CCCNc1ncccn1)C(=O)C1=Cc2ccc(C3=CC(S(=O)(=O)N4CC(CO)C4)CC=C3)cc2N=C(N)C1. The Kier molecular flexibility index (Phi) is 9.69. The molecular weight excluding hydrogens is 566 g/mol. The highest BCUT2D eigenvalue weighted by Gasteiger charge is 2.39. The van der Waals surface area contributed by atoms with Crippen molar-refractivity contribution in [3.05, 3.63) is 71.6 Å². The van der Waals surface area contributed by atoms with E-state index in [1.54, 1.807) is 24.5 Å². The third-order valence-corrected chi connectivity index (χ3v) is 9.91. The minimum atomic E-state index is -3.51. The lowest BCUT2D eigenvalue weighted by Gasteiger charge is -2.39. The van der Waals surface area contributed by atoms with E-state index in [1.807, 2.05) is 48.3 Å². The largest absolute Gasteiger partial charge is 0.396 e. The normalized spacial score (nSPS) is 18.9. The van der Waals surface area contributed by atoms with Crippen LogP contribution in [0.2, 0.25) is 0 Å². The van der Waals surface area contributed by atoms with Crippen molar-refractivity contribution in [2.75, 3.05) is 44.6 Å². The first-order valence-corrected chi connectivity index (χ1v) is 16.2. The lowest BCUT2D eigenvalue weighted by Crippen LogP contribution is -2.53. The fourth-order valence-corrected chi connectivity index (χ4v) is 7.34. The number of nitrogens with zero attached hydrogens (tertiary/aromatic N) is 5. The van der Waals surface area contributed by atoms with Gasteiger partial charge in [0.15, 0.2) is 0 Å². The number of aromatic nitrogens is 2. The molecule has 1 saturated heterocycles. The smallest absolute Gasteiger partial charge is 0.250 e. The van der Waals surface area contributed by atoms with Crippen LogP contribution < -0.4 is 11.1 Å². The van der Waals surface area contributed by atoms with Crippen LogP contribution >= 0.6 is 0 Å². The van der Waals surface area contributed by atoms with Gasteiger partial charge in [-0.25, -0.2) is 27.7 Å². The summed E-state index contributed by atoms with van der Waals surface area (Å²) >= 11 is 0. The molecule has 2 aromatic rings. The number of hydrogen-bond donors (Lipinski definition) is 3. The number of rotatable bonds is 12. The molecule has 5 rings (SSSR count). The van der Waals surface area contributed by atoms with Crippen molar-refractivity contribution in [2.45, 2.75) is 37.9 Å². The Labute approximate surface area is 253 Å². The van der Waals surface area contributed by atoms with Crippen molar-refractivity contribution in [3.8, 4) is 0 Å². The number of aliphatic hydroxyl groups is 1. The Hall–Kier alpha value is -3.87. The minimum absolute atomic E-state index is 0.00306. The molecule has 1 fully saturated rings. The number of fused-ring (bicyclic) bond motifs is 1. The van der Waals surface area contributed by atoms with Gasteiger partial charge in [-0.3, -0.25) is 4.79 Å². The average Bonchev–Trinajstić information content (AvgIpc) is 3.15. The van der Waals surface area contributed by atoms with Crippen molar-refractivity contribution in [1.82, 2.24) is 19.2 Å². The molecule has 1 aromatic heterocycles. The zero-order valence-electron chi connectivity index (χ0n) is 24.4. The van der Waals surface area contributed by atoms with Gasteiger partial charge in [-0.1, -0.05) is 37.3 Å². The van der Waals surface area contributed by atoms with E-state index in [0.29, 0.717) is 62.2 Å². The Morgan fingerprint density at radius 1 is 1.21 bits per heavy atom. The number of aliphatic imine (C=N–C) groups is 1. The monoisotopic (exact) mass is 605 g/mol. The summed E-state index contributed by atoms with van der Waals surface area (Å²) in [5.74, 6) is 0.857. The molecule has 1 amide bonds. The number of amidine groups is 1. The highest BCUT2D eigenvalue weighted by atomic mass is 32.2. The summed E-state index contributed by atoms with van der Waals surface area (Å²) in [4.78, 5) is 28.4. The number of aliphatic hydroxyl groups excluding tert-OH is 1. The molecule has 3 aliphatic rings. The molecule has 11 nitrogen and oxygen atoms in total. The molecule has 2 aliphatic heterocycles. The summed E-state index contributed by atoms with van der Waals surface area (Å²) < 4.78 is 27.8. The number of benzene rings is 1. The van der Waals surface area contributed by atoms with E-state index >= 15 is 0 Å². The summed E-state index contributed by atoms with van der Waals surface area (Å²) in [5, 5.41) is 11.8. The van der Waals surface area contributed by atoms with E-state index in [2.05, 4.69) is 20.3 Å². The molecule has 0 saturated carbocycles. The van der Waals surface area contributed by atoms with Crippen LogP contribution in [0.1, 0.15) is 43.7 Å². The third kappa shape index (κ3) is 7.20. The van der Waals surface area contributed by atoms with Gasteiger partial charge in [-0.2, -0.15) is 0 Å². The van der Waals surface area contributed by atoms with Crippen LogP contribution in [0.5, 0.6) is 0 Å². The number of sulfonamides is 1. The van der Waals surface area contributed by atoms with Crippen LogP contribution in [0.3, 0.4) is 0 Å². The maximum Gasteiger partial charge on any atom is 0.250 e. The van der Waals surface area contributed by atoms with Crippen LogP contribution in [0, 0.1) is 5.92 Å². The number of allylic oxidation sites excluding steroid dienone is 3. The average molecular weight is 606 g/mol. The third-order valence-electron chi connectivity index (χ3n) is 7.79. The van der Waals surface area contributed by atoms with Crippen LogP contribution in [0.4, 0.5) is 11.6 Å². The van der Waals surface area contributed by atoms with E-state index in [-0.39, 0.29) is 24.9 Å². The molecule has 228 valence electrons. The maximum atomic E-state index is 13.6. The second kappa shape index (κ2) is 13.6. The number of carbonyl (C=O) groups excluding carboxylic acids is 1. The van der Waals surface area contributed by atoms with E-state index in [1.165, 1.54) is 4.31 Å². The zero-order chi connectivity index (χ0) is 30.4. The molecule has 1 unspecified atom stereocenters. The maximum absolute atomic E-state index is 13.6. The molecule has 0 radical (unpaired) electrons. The van der Waals surface area contributed by atoms with Gasteiger partial charge in [0, 0.05) is 75.2 Å². The summed E-state index contributed by atoms with van der Waals surface area (Å²) in [7, 11) is -3.51. The standard InChI is InChI=1S/C31H39N7O4S/c1-2-13-37(14-5-12-35-31-33-10-4-11-34-31)30(40)26-15-25-9-8-24(17-28(25)36-29(32)18-26)23-6-3-7-27(16-23)43(41,42)38-19-22(20-38)21-39/h3-4,6,8-11,15-17,22,27,39H,2,5,7,12-14,18-21H2,1H3,(H2,32,36)(H,33,34,35). The first-order valence-electron chi connectivity index (χ1n) is 14.7. The predicted octanol–water partition coefficient (Wildman–Crippen LogP) is 2.96. The van der Waals surface area contributed by atoms with Gasteiger partial charge < -0.3 is 21.1 Å². The number of carbonyl (C=O) groups is 1. The molecule has 0 bridgehead atoms. The van der Waals surface area contributed by atoms with Crippen LogP contribution in [0.15, 0.2) is 65.5 Å². The molecule has 1 aliphatic carbocycles. The van der Waals surface area contributed by atoms with Gasteiger partial charge in [-0.15, -0.1) is 0 Å². The van der Waals surface area contributed by atoms with Crippen molar-refractivity contribution in [3.63, 3.8) is 0 Å². The summed E-state index contributed by atoms with van der Waals surface area (Å²) in [6.07, 6.45) is 13.0. The Morgan fingerprint density at radius 2 is 2.00 bits per heavy atom. The van der Waals surface area contributed by atoms with Gasteiger partial charge in [0.1, 0.15) is 5.84 Å². The van der Waals surface area contributed by atoms with Crippen LogP contribution in [-0.2, 0) is 14.8 Å².